The van der Waals surface area contributed by atoms with Crippen molar-refractivity contribution in [1.82, 2.24) is 0 Å². The molecule has 0 aromatic rings. The first kappa shape index (κ1) is 12.3. The largest absolute Gasteiger partial charge is 1.00 e. The molecule has 2 N–H and O–H groups in total. The second-order valence-corrected chi connectivity index (χ2v) is 1.93. The van der Waals surface area contributed by atoms with Crippen molar-refractivity contribution in [2.45, 2.75) is 32.1 Å². The van der Waals surface area contributed by atoms with Gasteiger partial charge in [-0.25, -0.2) is 0 Å². The van der Waals surface area contributed by atoms with Crippen LogP contribution in [0.2, 0.25) is 0 Å². The maximum absolute atomic E-state index is 2.39. The average molecular weight is 138 g/mol. The molecule has 1 aliphatic rings. The van der Waals surface area contributed by atoms with E-state index in [4.69, 9.17) is 0 Å². The van der Waals surface area contributed by atoms with Crippen LogP contribution in [0.3, 0.4) is 0 Å². The summed E-state index contributed by atoms with van der Waals surface area (Å²) < 4.78 is 0. The summed E-state index contributed by atoms with van der Waals surface area (Å²) in [6, 6.07) is 0. The average Bonchev–Trinajstić information content (AvgIpc) is 1.72. The Morgan fingerprint density at radius 3 is 1.50 bits per heavy atom. The molecular weight excluding hydrogens is 125 g/mol. The van der Waals surface area contributed by atoms with Crippen LogP contribution in [0.25, 0.3) is 6.15 Å². The minimum atomic E-state index is 0. The van der Waals surface area contributed by atoms with Crippen LogP contribution in [0.15, 0.2) is 0 Å². The zero-order valence-corrected chi connectivity index (χ0v) is 8.81. The van der Waals surface area contributed by atoms with Crippen molar-refractivity contribution in [2.75, 3.05) is 0 Å². The van der Waals surface area contributed by atoms with Crippen molar-refractivity contribution in [3.63, 3.8) is 0 Å². The van der Waals surface area contributed by atoms with Gasteiger partial charge in [0.15, 0.2) is 0 Å². The molecule has 0 heterocycles. The van der Waals surface area contributed by atoms with E-state index in [-0.39, 0.29) is 57.5 Å². The minimum absolute atomic E-state index is 0. The molecule has 0 saturated heterocycles. The van der Waals surface area contributed by atoms with Crippen LogP contribution >= 0.6 is 0 Å². The van der Waals surface area contributed by atoms with Crippen LogP contribution in [-0.2, 0) is 0 Å². The van der Waals surface area contributed by atoms with Crippen molar-refractivity contribution in [2.24, 2.45) is 0 Å². The predicted octanol–water partition coefficient (Wildman–Crippen LogP) is -0.124. The van der Waals surface area contributed by atoms with Crippen molar-refractivity contribution < 1.29 is 51.4 Å². The normalized spacial score (nSPS) is 18.0. The first-order valence-electron chi connectivity index (χ1n) is 2.82. The molecule has 0 radical (unpaired) electrons. The van der Waals surface area contributed by atoms with Gasteiger partial charge in [0.1, 0.15) is 0 Å². The van der Waals surface area contributed by atoms with Crippen LogP contribution in [0, 0.1) is 6.42 Å². The van der Waals surface area contributed by atoms with Gasteiger partial charge in [-0.1, -0.05) is 19.3 Å². The quantitative estimate of drug-likeness (QED) is 0.330. The molecule has 1 fully saturated rings. The first-order valence-corrected chi connectivity index (χ1v) is 2.82. The summed E-state index contributed by atoms with van der Waals surface area (Å²) in [6.07, 6.45) is 9.50. The minimum Gasteiger partial charge on any atom is -0.693 e. The van der Waals surface area contributed by atoms with Gasteiger partial charge in [0.25, 0.3) is 0 Å². The number of nitrogens with two attached hydrogens (primary N) is 1. The summed E-state index contributed by atoms with van der Waals surface area (Å²) in [4.78, 5) is 0. The molecule has 0 atom stereocenters. The van der Waals surface area contributed by atoms with E-state index in [1.165, 1.54) is 32.1 Å². The van der Waals surface area contributed by atoms with E-state index in [2.05, 4.69) is 6.42 Å². The Bertz CT molecular complexity index is 24.0. The van der Waals surface area contributed by atoms with Crippen molar-refractivity contribution in [1.29, 1.82) is 0 Å². The third-order valence-electron chi connectivity index (χ3n) is 1.32. The van der Waals surface area contributed by atoms with Crippen molar-refractivity contribution in [3.8, 4) is 0 Å². The maximum atomic E-state index is 2.39. The van der Waals surface area contributed by atoms with Gasteiger partial charge in [-0.15, -0.1) is 0 Å². The second kappa shape index (κ2) is 8.60. The van der Waals surface area contributed by atoms with Crippen LogP contribution in [0.1, 0.15) is 32.1 Å². The number of hydrogen-bond donors (Lipinski definition) is 0. The Hall–Kier alpha value is 1.60. The summed E-state index contributed by atoms with van der Waals surface area (Å²) in [5, 5.41) is 0. The number of rotatable bonds is 0. The molecule has 2 heteroatoms. The Morgan fingerprint density at radius 2 is 1.38 bits per heavy atom. The van der Waals surface area contributed by atoms with Crippen LogP contribution in [-0.4, -0.2) is 0 Å². The number of hydrogen-bond acceptors (Lipinski definition) is 0. The Labute approximate surface area is 94.6 Å². The Kier molecular flexibility index (Phi) is 13.2. The SMILES string of the molecule is [CH-]1CCCCC1.[K+].[NH2-]. The Morgan fingerprint density at radius 1 is 0.875 bits per heavy atom. The molecule has 0 aromatic heterocycles. The molecular formula is C6H13KN-. The van der Waals surface area contributed by atoms with E-state index < -0.39 is 0 Å². The van der Waals surface area contributed by atoms with Crippen LogP contribution in [0.4, 0.5) is 0 Å². The molecule has 0 amide bonds. The first-order chi connectivity index (χ1) is 3.00. The van der Waals surface area contributed by atoms with Gasteiger partial charge in [-0.2, -0.15) is 12.8 Å². The van der Waals surface area contributed by atoms with Gasteiger partial charge in [0.2, 0.25) is 0 Å². The Balaban J connectivity index is 0. The van der Waals surface area contributed by atoms with E-state index in [9.17, 15) is 0 Å². The fourth-order valence-corrected chi connectivity index (χ4v) is 0.898. The molecule has 44 valence electrons. The van der Waals surface area contributed by atoms with E-state index in [0.29, 0.717) is 0 Å². The van der Waals surface area contributed by atoms with Crippen LogP contribution in [0.5, 0.6) is 0 Å². The molecule has 1 aliphatic carbocycles. The zero-order valence-electron chi connectivity index (χ0n) is 5.69. The standard InChI is InChI=1S/C6H11.K.H2N/c1-2-4-6-5-3-1;;/h1H,2-6H2;;1H2/q-1;+1;-1. The molecule has 0 spiro atoms. The molecule has 0 bridgehead atoms. The molecule has 0 unspecified atom stereocenters. The van der Waals surface area contributed by atoms with Gasteiger partial charge < -0.3 is 12.6 Å². The van der Waals surface area contributed by atoms with Gasteiger partial charge in [0.05, 0.1) is 0 Å². The maximum Gasteiger partial charge on any atom is 1.00 e. The smallest absolute Gasteiger partial charge is 0.693 e. The summed E-state index contributed by atoms with van der Waals surface area (Å²) in [6.45, 7) is 0. The van der Waals surface area contributed by atoms with Gasteiger partial charge in [-0.05, 0) is 0 Å². The van der Waals surface area contributed by atoms with Crippen molar-refractivity contribution in [3.05, 3.63) is 12.6 Å². The summed E-state index contributed by atoms with van der Waals surface area (Å²) in [5.41, 5.74) is 0. The molecule has 1 saturated carbocycles. The van der Waals surface area contributed by atoms with Crippen molar-refractivity contribution >= 4 is 0 Å². The van der Waals surface area contributed by atoms with Gasteiger partial charge >= 0.3 is 51.4 Å². The van der Waals surface area contributed by atoms with Gasteiger partial charge in [-0.3, -0.25) is 0 Å². The molecule has 1 nitrogen and oxygen atoms in total. The monoisotopic (exact) mass is 138 g/mol. The third kappa shape index (κ3) is 5.73. The third-order valence-corrected chi connectivity index (χ3v) is 1.32. The summed E-state index contributed by atoms with van der Waals surface area (Å²) in [5.74, 6) is 0. The summed E-state index contributed by atoms with van der Waals surface area (Å²) >= 11 is 0. The fraction of sp³-hybridized carbons (Fsp3) is 0.833. The van der Waals surface area contributed by atoms with Crippen LogP contribution < -0.4 is 51.4 Å². The van der Waals surface area contributed by atoms with E-state index in [1.54, 1.807) is 0 Å². The molecule has 8 heavy (non-hydrogen) atoms. The van der Waals surface area contributed by atoms with E-state index in [1.807, 2.05) is 0 Å². The second-order valence-electron chi connectivity index (χ2n) is 1.93. The molecule has 0 aromatic carbocycles. The van der Waals surface area contributed by atoms with E-state index >= 15 is 0 Å². The zero-order chi connectivity index (χ0) is 4.24. The molecule has 1 rings (SSSR count). The fourth-order valence-electron chi connectivity index (χ4n) is 0.898. The van der Waals surface area contributed by atoms with E-state index in [0.717, 1.165) is 0 Å². The van der Waals surface area contributed by atoms with Gasteiger partial charge in [0, 0.05) is 0 Å². The summed E-state index contributed by atoms with van der Waals surface area (Å²) in [7, 11) is 0. The predicted molar refractivity (Wildman–Crippen MR) is 32.7 cm³/mol. The molecule has 0 aliphatic heterocycles. The topological polar surface area (TPSA) is 33.5 Å².